The Labute approximate surface area is 217 Å². The van der Waals surface area contributed by atoms with Crippen molar-refractivity contribution in [2.24, 2.45) is 0 Å². The molecule has 0 radical (unpaired) electrons. The molecule has 0 spiro atoms. The summed E-state index contributed by atoms with van der Waals surface area (Å²) in [5, 5.41) is 7.78. The number of halogens is 1. The van der Waals surface area contributed by atoms with E-state index in [0.29, 0.717) is 22.5 Å². The van der Waals surface area contributed by atoms with Gasteiger partial charge in [0.1, 0.15) is 11.9 Å². The summed E-state index contributed by atoms with van der Waals surface area (Å²) in [6.45, 7) is 8.82. The molecule has 0 fully saturated rings. The standard InChI is InChI=1S/C29H29FNO5P/c1-7-29(19(6)32,37(34)35)28(33)36-27-24(20-13-15-22(30)16-14-20)23(17(2)3)26(31-25(27)18(4)5)21-11-9-8-10-12-21/h1,8-19,32H,2-6H3/p+1. The first-order valence-corrected chi connectivity index (χ1v) is 13.1. The van der Waals surface area contributed by atoms with Crippen molar-refractivity contribution in [2.45, 2.75) is 57.7 Å². The molecule has 2 aromatic carbocycles. The number of aliphatic hydroxyl groups is 1. The molecule has 0 saturated carbocycles. The number of hydrogen-bond acceptors (Lipinski definition) is 5. The summed E-state index contributed by atoms with van der Waals surface area (Å²) >= 11 is 0. The minimum Gasteiger partial charge on any atom is -0.419 e. The highest BCUT2D eigenvalue weighted by atomic mass is 31.1. The van der Waals surface area contributed by atoms with Gasteiger partial charge in [-0.05, 0) is 52.5 Å². The molecule has 0 amide bonds. The predicted molar refractivity (Wildman–Crippen MR) is 142 cm³/mol. The zero-order valence-corrected chi connectivity index (χ0v) is 22.3. The maximum atomic E-state index is 13.9. The van der Waals surface area contributed by atoms with Crippen LogP contribution in [0, 0.1) is 18.2 Å². The number of benzene rings is 2. The van der Waals surface area contributed by atoms with Crippen LogP contribution in [0.2, 0.25) is 0 Å². The molecule has 2 N–H and O–H groups in total. The number of aliphatic hydroxyl groups excluding tert-OH is 1. The third-order valence-electron chi connectivity index (χ3n) is 6.15. The van der Waals surface area contributed by atoms with Crippen molar-refractivity contribution in [2.75, 3.05) is 0 Å². The minimum absolute atomic E-state index is 0.0483. The predicted octanol–water partition coefficient (Wildman–Crippen LogP) is 6.19. The van der Waals surface area contributed by atoms with Gasteiger partial charge in [0.25, 0.3) is 0 Å². The van der Waals surface area contributed by atoms with Crippen molar-refractivity contribution in [3.63, 3.8) is 0 Å². The molecule has 6 nitrogen and oxygen atoms in total. The van der Waals surface area contributed by atoms with E-state index < -0.39 is 31.1 Å². The maximum absolute atomic E-state index is 13.9. The molecule has 0 aliphatic heterocycles. The first kappa shape index (κ1) is 28.1. The van der Waals surface area contributed by atoms with Gasteiger partial charge in [-0.2, -0.15) is 4.89 Å². The molecule has 8 heteroatoms. The van der Waals surface area contributed by atoms with Gasteiger partial charge in [0, 0.05) is 11.1 Å². The van der Waals surface area contributed by atoms with Gasteiger partial charge in [-0.1, -0.05) is 70.2 Å². The number of carbonyl (C=O) groups is 1. The first-order valence-electron chi connectivity index (χ1n) is 11.9. The zero-order valence-electron chi connectivity index (χ0n) is 21.4. The van der Waals surface area contributed by atoms with Gasteiger partial charge < -0.3 is 9.84 Å². The molecule has 0 saturated heterocycles. The van der Waals surface area contributed by atoms with E-state index in [9.17, 15) is 23.7 Å². The van der Waals surface area contributed by atoms with E-state index in [1.165, 1.54) is 12.1 Å². The van der Waals surface area contributed by atoms with E-state index >= 15 is 0 Å². The molecule has 1 aromatic heterocycles. The van der Waals surface area contributed by atoms with Gasteiger partial charge in [-0.25, -0.2) is 14.2 Å². The Kier molecular flexibility index (Phi) is 8.60. The summed E-state index contributed by atoms with van der Waals surface area (Å²) < 4.78 is 32.0. The highest BCUT2D eigenvalue weighted by Crippen LogP contribution is 2.47. The molecule has 192 valence electrons. The van der Waals surface area contributed by atoms with E-state index in [4.69, 9.17) is 16.1 Å². The lowest BCUT2D eigenvalue weighted by molar-refractivity contribution is -0.138. The summed E-state index contributed by atoms with van der Waals surface area (Å²) in [7, 11) is -3.36. The van der Waals surface area contributed by atoms with E-state index in [1.54, 1.807) is 12.1 Å². The summed E-state index contributed by atoms with van der Waals surface area (Å²) in [6.07, 6.45) is 3.82. The summed E-state index contributed by atoms with van der Waals surface area (Å²) in [5.41, 5.74) is 3.71. The molecule has 37 heavy (non-hydrogen) atoms. The van der Waals surface area contributed by atoms with E-state index in [2.05, 4.69) is 0 Å². The highest BCUT2D eigenvalue weighted by Gasteiger charge is 2.62. The number of ether oxygens (including phenoxy) is 1. The molecular formula is C29H30FNO5P+. The van der Waals surface area contributed by atoms with Crippen LogP contribution >= 0.6 is 8.03 Å². The Hall–Kier alpha value is -3.43. The van der Waals surface area contributed by atoms with Gasteiger partial charge in [-0.3, -0.25) is 0 Å². The van der Waals surface area contributed by atoms with Crippen molar-refractivity contribution in [3.8, 4) is 40.5 Å². The second kappa shape index (κ2) is 11.3. The van der Waals surface area contributed by atoms with Gasteiger partial charge in [-0.15, -0.1) is 6.42 Å². The number of terminal acetylenes is 1. The molecule has 3 atom stereocenters. The van der Waals surface area contributed by atoms with Crippen LogP contribution in [0.15, 0.2) is 54.6 Å². The zero-order chi connectivity index (χ0) is 27.5. The van der Waals surface area contributed by atoms with Crippen LogP contribution in [-0.4, -0.2) is 32.2 Å². The molecule has 0 aliphatic rings. The second-order valence-corrected chi connectivity index (χ2v) is 10.6. The van der Waals surface area contributed by atoms with Gasteiger partial charge in [0.2, 0.25) is 0 Å². The highest BCUT2D eigenvalue weighted by molar-refractivity contribution is 7.42. The van der Waals surface area contributed by atoms with E-state index in [1.807, 2.05) is 63.9 Å². The molecule has 3 aromatic rings. The topological polar surface area (TPSA) is 96.7 Å². The maximum Gasteiger partial charge on any atom is 0.540 e. The minimum atomic E-state index is -3.36. The van der Waals surface area contributed by atoms with E-state index in [-0.39, 0.29) is 17.6 Å². The van der Waals surface area contributed by atoms with Crippen LogP contribution < -0.4 is 4.74 Å². The number of carbonyl (C=O) groups excluding carboxylic acids is 1. The first-order chi connectivity index (χ1) is 17.4. The normalized spacial score (nSPS) is 14.1. The van der Waals surface area contributed by atoms with Gasteiger partial charge in [0.15, 0.2) is 5.75 Å². The second-order valence-electron chi connectivity index (χ2n) is 9.39. The van der Waals surface area contributed by atoms with Crippen LogP contribution in [0.3, 0.4) is 0 Å². The number of rotatable bonds is 8. The Bertz CT molecular complexity index is 1350. The Morgan fingerprint density at radius 2 is 1.62 bits per heavy atom. The SMILES string of the molecule is C#CC(C(=O)Oc1c(C(C)C)nc(-c2ccccc2)c(C(C)C)c1-c1ccc(F)cc1)(C(C)O)[P+](=O)O. The van der Waals surface area contributed by atoms with Gasteiger partial charge >= 0.3 is 19.2 Å². The Morgan fingerprint density at radius 1 is 1.03 bits per heavy atom. The fourth-order valence-electron chi connectivity index (χ4n) is 4.19. The summed E-state index contributed by atoms with van der Waals surface area (Å²) in [5.74, 6) is -0.0103. The third-order valence-corrected chi connectivity index (χ3v) is 7.44. The van der Waals surface area contributed by atoms with Crippen LogP contribution in [0.5, 0.6) is 5.75 Å². The number of nitrogens with zero attached hydrogens (tertiary/aromatic N) is 1. The fourth-order valence-corrected chi connectivity index (χ4v) is 4.82. The lowest BCUT2D eigenvalue weighted by Crippen LogP contribution is -2.46. The quantitative estimate of drug-likeness (QED) is 0.208. The number of esters is 1. The average Bonchev–Trinajstić information content (AvgIpc) is 2.84. The van der Waals surface area contributed by atoms with Gasteiger partial charge in [0.05, 0.1) is 11.4 Å². The molecule has 0 aliphatic carbocycles. The van der Waals surface area contributed by atoms with Crippen molar-refractivity contribution in [3.05, 3.63) is 71.7 Å². The van der Waals surface area contributed by atoms with Crippen molar-refractivity contribution >= 4 is 14.0 Å². The number of hydrogen-bond donors (Lipinski definition) is 2. The number of aromatic nitrogens is 1. The summed E-state index contributed by atoms with van der Waals surface area (Å²) in [6, 6.07) is 15.3. The van der Waals surface area contributed by atoms with Crippen LogP contribution in [0.25, 0.3) is 22.4 Å². The molecular weight excluding hydrogens is 492 g/mol. The third kappa shape index (κ3) is 5.33. The van der Waals surface area contributed by atoms with Crippen molar-refractivity contribution in [1.29, 1.82) is 0 Å². The average molecular weight is 523 g/mol. The fraction of sp³-hybridized carbons (Fsp3) is 0.310. The van der Waals surface area contributed by atoms with Crippen molar-refractivity contribution < 1.29 is 28.5 Å². The van der Waals surface area contributed by atoms with E-state index in [0.717, 1.165) is 18.1 Å². The number of pyridine rings is 1. The molecule has 3 rings (SSSR count). The molecule has 0 bridgehead atoms. The molecule has 1 heterocycles. The van der Waals surface area contributed by atoms with Crippen LogP contribution in [0.4, 0.5) is 4.39 Å². The smallest absolute Gasteiger partial charge is 0.419 e. The monoisotopic (exact) mass is 522 g/mol. The Morgan fingerprint density at radius 3 is 2.08 bits per heavy atom. The lowest BCUT2D eigenvalue weighted by atomic mass is 9.86. The lowest BCUT2D eigenvalue weighted by Gasteiger charge is -2.26. The molecule has 3 unspecified atom stereocenters. The van der Waals surface area contributed by atoms with Crippen molar-refractivity contribution in [1.82, 2.24) is 4.98 Å². The van der Waals surface area contributed by atoms with Crippen LogP contribution in [0.1, 0.15) is 57.7 Å². The Balaban J connectivity index is 2.45. The largest absolute Gasteiger partial charge is 0.540 e. The van der Waals surface area contributed by atoms with Crippen LogP contribution in [-0.2, 0) is 9.36 Å². The summed E-state index contributed by atoms with van der Waals surface area (Å²) in [4.78, 5) is 28.3.